The van der Waals surface area contributed by atoms with E-state index >= 15 is 0 Å². The van der Waals surface area contributed by atoms with Crippen LogP contribution < -0.4 is 9.64 Å². The smallest absolute Gasteiger partial charge is 0.227 e. The maximum atomic E-state index is 13.4. The molecule has 0 saturated heterocycles. The highest BCUT2D eigenvalue weighted by Gasteiger charge is 2.24. The van der Waals surface area contributed by atoms with E-state index in [1.165, 1.54) is 6.26 Å². The minimum Gasteiger partial charge on any atom is -0.497 e. The van der Waals surface area contributed by atoms with Gasteiger partial charge in [0.2, 0.25) is 5.91 Å². The first-order valence-corrected chi connectivity index (χ1v) is 13.6. The first-order valence-electron chi connectivity index (χ1n) is 11.7. The van der Waals surface area contributed by atoms with Gasteiger partial charge in [-0.05, 0) is 84.5 Å². The molecule has 0 bridgehead atoms. The molecule has 0 spiro atoms. The number of carbonyl (C=O) groups is 1. The van der Waals surface area contributed by atoms with Crippen molar-refractivity contribution in [3.63, 3.8) is 0 Å². The van der Waals surface area contributed by atoms with Gasteiger partial charge in [0, 0.05) is 41.5 Å². The van der Waals surface area contributed by atoms with E-state index < -0.39 is 9.84 Å². The molecule has 0 radical (unpaired) electrons. The summed E-state index contributed by atoms with van der Waals surface area (Å²) in [5, 5.41) is 1.11. The molecule has 35 heavy (non-hydrogen) atoms. The lowest BCUT2D eigenvalue weighted by Gasteiger charge is -2.30. The molecule has 4 aromatic rings. The Bertz CT molecular complexity index is 1500. The summed E-state index contributed by atoms with van der Waals surface area (Å²) >= 11 is 0. The molecular formula is C28H28N2O4S. The normalized spacial score (nSPS) is 13.6. The molecule has 1 amide bonds. The summed E-state index contributed by atoms with van der Waals surface area (Å²) in [5.41, 5.74) is 5.95. The molecule has 180 valence electrons. The van der Waals surface area contributed by atoms with E-state index in [1.54, 1.807) is 25.3 Å². The summed E-state index contributed by atoms with van der Waals surface area (Å²) in [5.74, 6) is 0.841. The van der Waals surface area contributed by atoms with Crippen LogP contribution >= 0.6 is 0 Å². The van der Waals surface area contributed by atoms with Gasteiger partial charge in [0.25, 0.3) is 0 Å². The van der Waals surface area contributed by atoms with Crippen molar-refractivity contribution in [2.45, 2.75) is 30.6 Å². The van der Waals surface area contributed by atoms with Crippen LogP contribution in [0.25, 0.3) is 22.2 Å². The number of anilines is 1. The van der Waals surface area contributed by atoms with E-state index in [4.69, 9.17) is 4.74 Å². The van der Waals surface area contributed by atoms with Gasteiger partial charge in [-0.15, -0.1) is 0 Å². The molecule has 6 nitrogen and oxygen atoms in total. The van der Waals surface area contributed by atoms with Crippen LogP contribution in [0.15, 0.2) is 71.6 Å². The van der Waals surface area contributed by atoms with Crippen LogP contribution in [0.5, 0.6) is 5.75 Å². The number of para-hydroxylation sites is 1. The predicted molar refractivity (Wildman–Crippen MR) is 139 cm³/mol. The van der Waals surface area contributed by atoms with Gasteiger partial charge in [-0.25, -0.2) is 8.42 Å². The fraction of sp³-hybridized carbons (Fsp3) is 0.250. The number of hydrogen-bond acceptors (Lipinski definition) is 4. The SMILES string of the molecule is COc1ccc(-c2[nH]c3ccccc3c2CCC(=O)N2CCCc3cc(S(C)(=O)=O)ccc32)cc1. The number of ether oxygens (including phenoxy) is 1. The van der Waals surface area contributed by atoms with Crippen LogP contribution in [0, 0.1) is 0 Å². The van der Waals surface area contributed by atoms with Gasteiger partial charge in [-0.1, -0.05) is 18.2 Å². The van der Waals surface area contributed by atoms with Crippen LogP contribution in [0.2, 0.25) is 0 Å². The number of rotatable bonds is 6. The fourth-order valence-corrected chi connectivity index (χ4v) is 5.57. The van der Waals surface area contributed by atoms with Gasteiger partial charge in [0.1, 0.15) is 5.75 Å². The second-order valence-electron chi connectivity index (χ2n) is 8.96. The zero-order valence-corrected chi connectivity index (χ0v) is 20.7. The third kappa shape index (κ3) is 4.56. The van der Waals surface area contributed by atoms with Crippen molar-refractivity contribution >= 4 is 32.3 Å². The Labute approximate surface area is 205 Å². The number of aromatic nitrogens is 1. The maximum Gasteiger partial charge on any atom is 0.227 e. The molecule has 5 rings (SSSR count). The number of carbonyl (C=O) groups excluding carboxylic acids is 1. The van der Waals surface area contributed by atoms with Crippen molar-refractivity contribution in [2.75, 3.05) is 24.8 Å². The Morgan fingerprint density at radius 3 is 2.57 bits per heavy atom. The quantitative estimate of drug-likeness (QED) is 0.407. The Morgan fingerprint density at radius 1 is 1.06 bits per heavy atom. The average Bonchev–Trinajstić information content (AvgIpc) is 3.24. The highest BCUT2D eigenvalue weighted by molar-refractivity contribution is 7.90. The van der Waals surface area contributed by atoms with Gasteiger partial charge in [0.05, 0.1) is 12.0 Å². The Morgan fingerprint density at radius 2 is 1.83 bits per heavy atom. The number of aromatic amines is 1. The summed E-state index contributed by atoms with van der Waals surface area (Å²) < 4.78 is 29.2. The topological polar surface area (TPSA) is 79.5 Å². The van der Waals surface area contributed by atoms with Crippen molar-refractivity contribution < 1.29 is 17.9 Å². The second kappa shape index (κ2) is 9.23. The third-order valence-electron chi connectivity index (χ3n) is 6.68. The Balaban J connectivity index is 1.43. The van der Waals surface area contributed by atoms with Crippen molar-refractivity contribution in [3.8, 4) is 17.0 Å². The minimum absolute atomic E-state index is 0.0454. The number of methoxy groups -OCH3 is 1. The molecule has 3 aromatic carbocycles. The number of hydrogen-bond donors (Lipinski definition) is 1. The lowest BCUT2D eigenvalue weighted by molar-refractivity contribution is -0.118. The highest BCUT2D eigenvalue weighted by atomic mass is 32.2. The molecule has 0 atom stereocenters. The number of fused-ring (bicyclic) bond motifs is 2. The first-order chi connectivity index (χ1) is 16.8. The molecule has 2 heterocycles. The number of benzene rings is 3. The Hall–Kier alpha value is -3.58. The van der Waals surface area contributed by atoms with Gasteiger partial charge < -0.3 is 14.6 Å². The summed E-state index contributed by atoms with van der Waals surface area (Å²) in [6.45, 7) is 0.642. The number of amides is 1. The Kier molecular flexibility index (Phi) is 6.11. The summed E-state index contributed by atoms with van der Waals surface area (Å²) in [6, 6.07) is 21.2. The number of H-pyrrole nitrogens is 1. The number of aryl methyl sites for hydroxylation is 2. The van der Waals surface area contributed by atoms with E-state index in [2.05, 4.69) is 11.1 Å². The van der Waals surface area contributed by atoms with Gasteiger partial charge >= 0.3 is 0 Å². The first kappa shape index (κ1) is 23.2. The van der Waals surface area contributed by atoms with Crippen LogP contribution in [-0.2, 0) is 27.5 Å². The molecule has 7 heteroatoms. The highest BCUT2D eigenvalue weighted by Crippen LogP contribution is 2.34. The van der Waals surface area contributed by atoms with Gasteiger partial charge in [-0.2, -0.15) is 0 Å². The summed E-state index contributed by atoms with van der Waals surface area (Å²) in [7, 11) is -1.64. The zero-order chi connectivity index (χ0) is 24.6. The molecule has 0 saturated carbocycles. The number of sulfone groups is 1. The van der Waals surface area contributed by atoms with Gasteiger partial charge in [-0.3, -0.25) is 4.79 Å². The number of nitrogens with zero attached hydrogens (tertiary/aromatic N) is 1. The van der Waals surface area contributed by atoms with E-state index in [-0.39, 0.29) is 5.91 Å². The molecular weight excluding hydrogens is 460 g/mol. The molecule has 0 fully saturated rings. The van der Waals surface area contributed by atoms with Crippen LogP contribution in [0.4, 0.5) is 5.69 Å². The monoisotopic (exact) mass is 488 g/mol. The minimum atomic E-state index is -3.29. The molecule has 1 aromatic heterocycles. The lowest BCUT2D eigenvalue weighted by atomic mass is 9.99. The van der Waals surface area contributed by atoms with Crippen LogP contribution in [0.3, 0.4) is 0 Å². The van der Waals surface area contributed by atoms with E-state index in [1.807, 2.05) is 47.4 Å². The maximum absolute atomic E-state index is 13.4. The molecule has 0 unspecified atom stereocenters. The van der Waals surface area contributed by atoms with Crippen LogP contribution in [0.1, 0.15) is 24.0 Å². The molecule has 1 aliphatic rings. The zero-order valence-electron chi connectivity index (χ0n) is 19.9. The predicted octanol–water partition coefficient (Wildman–Crippen LogP) is 5.16. The fourth-order valence-electron chi connectivity index (χ4n) is 4.89. The van der Waals surface area contributed by atoms with Crippen molar-refractivity contribution in [3.05, 3.63) is 77.9 Å². The van der Waals surface area contributed by atoms with E-state index in [0.29, 0.717) is 24.3 Å². The summed E-state index contributed by atoms with van der Waals surface area (Å²) in [4.78, 5) is 19.0. The lowest BCUT2D eigenvalue weighted by Crippen LogP contribution is -2.35. The number of nitrogens with one attached hydrogen (secondary N) is 1. The second-order valence-corrected chi connectivity index (χ2v) is 11.0. The van der Waals surface area contributed by atoms with Gasteiger partial charge in [0.15, 0.2) is 9.84 Å². The molecule has 0 aliphatic carbocycles. The summed E-state index contributed by atoms with van der Waals surface area (Å²) in [6.07, 6.45) is 3.75. The van der Waals surface area contributed by atoms with Crippen molar-refractivity contribution in [1.82, 2.24) is 4.98 Å². The average molecular weight is 489 g/mol. The third-order valence-corrected chi connectivity index (χ3v) is 7.79. The molecule has 1 N–H and O–H groups in total. The van der Waals surface area contributed by atoms with E-state index in [9.17, 15) is 13.2 Å². The van der Waals surface area contributed by atoms with Crippen LogP contribution in [-0.4, -0.2) is 39.2 Å². The molecule has 1 aliphatic heterocycles. The standard InChI is InChI=1S/C28H28N2O4S/c1-34-21-11-9-19(10-12-21)28-24(23-7-3-4-8-25(23)29-28)14-16-27(31)30-17-5-6-20-18-22(35(2,32)33)13-15-26(20)30/h3-4,7-13,15,18,29H,5-6,14,16-17H2,1-2H3. The van der Waals surface area contributed by atoms with Crippen molar-refractivity contribution in [1.29, 1.82) is 0 Å². The van der Waals surface area contributed by atoms with Crippen molar-refractivity contribution in [2.24, 2.45) is 0 Å². The largest absolute Gasteiger partial charge is 0.497 e. The van der Waals surface area contributed by atoms with E-state index in [0.717, 1.165) is 57.6 Å².